The van der Waals surface area contributed by atoms with Crippen LogP contribution >= 0.6 is 34.7 Å². The number of halogens is 1. The predicted molar refractivity (Wildman–Crippen MR) is 112 cm³/mol. The smallest absolute Gasteiger partial charge is 0.236 e. The molecule has 0 spiro atoms. The molecule has 0 radical (unpaired) electrons. The highest BCUT2D eigenvalue weighted by Gasteiger charge is 2.11. The van der Waals surface area contributed by atoms with Gasteiger partial charge < -0.3 is 5.32 Å². The summed E-state index contributed by atoms with van der Waals surface area (Å²) in [5, 5.41) is 4.91. The van der Waals surface area contributed by atoms with Crippen LogP contribution in [0.1, 0.15) is 5.56 Å². The predicted octanol–water partition coefficient (Wildman–Crippen LogP) is 5.17. The Kier molecular flexibility index (Phi) is 5.15. The Balaban J connectivity index is 1.42. The Hall–Kier alpha value is -2.35. The van der Waals surface area contributed by atoms with Gasteiger partial charge >= 0.3 is 0 Å². The van der Waals surface area contributed by atoms with E-state index in [4.69, 9.17) is 11.6 Å². The summed E-state index contributed by atoms with van der Waals surface area (Å²) in [4.78, 5) is 21.1. The summed E-state index contributed by atoms with van der Waals surface area (Å²) in [6.07, 6.45) is 3.57. The zero-order valence-corrected chi connectivity index (χ0v) is 16.7. The normalized spacial score (nSPS) is 11.0. The number of amides is 1. The molecular weight excluding hydrogens is 400 g/mol. The number of thiazole rings is 1. The van der Waals surface area contributed by atoms with Gasteiger partial charge in [0.2, 0.25) is 5.91 Å². The molecule has 1 N–H and O–H groups in total. The van der Waals surface area contributed by atoms with Crippen LogP contribution in [-0.2, 0) is 4.79 Å². The summed E-state index contributed by atoms with van der Waals surface area (Å²) in [7, 11) is 0. The zero-order chi connectivity index (χ0) is 18.8. The molecule has 5 nitrogen and oxygen atoms in total. The van der Waals surface area contributed by atoms with Crippen LogP contribution in [0.2, 0.25) is 5.02 Å². The number of nitrogens with one attached hydrogen (secondary N) is 1. The average Bonchev–Trinajstić information content (AvgIpc) is 3.26. The Morgan fingerprint density at radius 2 is 2.07 bits per heavy atom. The number of hydrogen-bond donors (Lipinski definition) is 1. The number of hydrogen-bond acceptors (Lipinski definition) is 5. The number of thioether (sulfide) groups is 1. The molecule has 0 saturated carbocycles. The van der Waals surface area contributed by atoms with Crippen molar-refractivity contribution in [2.45, 2.75) is 12.1 Å². The summed E-state index contributed by atoms with van der Waals surface area (Å²) in [5.41, 5.74) is 3.02. The van der Waals surface area contributed by atoms with Crippen LogP contribution < -0.4 is 5.32 Å². The highest BCUT2D eigenvalue weighted by molar-refractivity contribution is 7.99. The Labute approximate surface area is 169 Å². The molecule has 0 atom stereocenters. The molecule has 0 aliphatic rings. The third-order valence-electron chi connectivity index (χ3n) is 3.83. The fourth-order valence-corrected chi connectivity index (χ4v) is 4.44. The molecule has 0 saturated heterocycles. The van der Waals surface area contributed by atoms with E-state index in [9.17, 15) is 4.79 Å². The molecule has 0 fully saturated rings. The first-order valence-electron chi connectivity index (χ1n) is 8.17. The minimum atomic E-state index is -0.110. The largest absolute Gasteiger partial charge is 0.301 e. The van der Waals surface area contributed by atoms with Crippen molar-refractivity contribution in [1.29, 1.82) is 0 Å². The van der Waals surface area contributed by atoms with Gasteiger partial charge in [-0.05, 0) is 48.9 Å². The number of anilines is 1. The van der Waals surface area contributed by atoms with E-state index in [-0.39, 0.29) is 11.7 Å². The molecule has 1 amide bonds. The number of benzene rings is 2. The highest BCUT2D eigenvalue weighted by Crippen LogP contribution is 2.27. The summed E-state index contributed by atoms with van der Waals surface area (Å²) in [6, 6.07) is 13.5. The van der Waals surface area contributed by atoms with Gasteiger partial charge in [-0.2, -0.15) is 0 Å². The van der Waals surface area contributed by atoms with Gasteiger partial charge in [0.05, 0.1) is 16.0 Å². The van der Waals surface area contributed by atoms with Gasteiger partial charge in [0.15, 0.2) is 10.3 Å². The summed E-state index contributed by atoms with van der Waals surface area (Å²) >= 11 is 8.79. The van der Waals surface area contributed by atoms with Crippen molar-refractivity contribution in [2.24, 2.45) is 0 Å². The number of carbonyl (C=O) groups excluding carboxylic acids is 1. The fourth-order valence-electron chi connectivity index (χ4n) is 2.57. The van der Waals surface area contributed by atoms with Gasteiger partial charge in [-0.1, -0.05) is 40.8 Å². The lowest BCUT2D eigenvalue weighted by Gasteiger charge is -2.07. The SMILES string of the molecule is Cc1ccc2nc(NC(=O)CSc3nccn3-c3ccc(Cl)cc3)sc2c1. The van der Waals surface area contributed by atoms with Crippen LogP contribution in [0.4, 0.5) is 5.13 Å². The van der Waals surface area contributed by atoms with Gasteiger partial charge in [-0.15, -0.1) is 0 Å². The molecule has 2 aromatic carbocycles. The van der Waals surface area contributed by atoms with Crippen molar-refractivity contribution in [3.05, 3.63) is 65.4 Å². The topological polar surface area (TPSA) is 59.8 Å². The lowest BCUT2D eigenvalue weighted by molar-refractivity contribution is -0.113. The number of aryl methyl sites for hydroxylation is 1. The van der Waals surface area contributed by atoms with E-state index in [0.717, 1.165) is 21.1 Å². The third-order valence-corrected chi connectivity index (χ3v) is 5.99. The van der Waals surface area contributed by atoms with E-state index in [1.807, 2.05) is 54.1 Å². The first-order chi connectivity index (χ1) is 13.1. The molecule has 27 heavy (non-hydrogen) atoms. The van der Waals surface area contributed by atoms with Gasteiger partial charge in [-0.3, -0.25) is 9.36 Å². The van der Waals surface area contributed by atoms with Crippen LogP contribution in [0.25, 0.3) is 15.9 Å². The van der Waals surface area contributed by atoms with Crippen molar-refractivity contribution in [3.63, 3.8) is 0 Å². The van der Waals surface area contributed by atoms with Gasteiger partial charge in [0.1, 0.15) is 0 Å². The Morgan fingerprint density at radius 3 is 2.89 bits per heavy atom. The molecule has 2 heterocycles. The lowest BCUT2D eigenvalue weighted by atomic mass is 10.2. The van der Waals surface area contributed by atoms with E-state index >= 15 is 0 Å². The molecule has 0 unspecified atom stereocenters. The molecule has 4 rings (SSSR count). The quantitative estimate of drug-likeness (QED) is 0.457. The minimum Gasteiger partial charge on any atom is -0.301 e. The molecule has 136 valence electrons. The fraction of sp³-hybridized carbons (Fsp3) is 0.105. The molecule has 8 heteroatoms. The van der Waals surface area contributed by atoms with Crippen LogP contribution in [0.15, 0.2) is 60.0 Å². The number of aromatic nitrogens is 3. The number of rotatable bonds is 5. The second kappa shape index (κ2) is 7.72. The number of nitrogens with zero attached hydrogens (tertiary/aromatic N) is 3. The van der Waals surface area contributed by atoms with E-state index in [0.29, 0.717) is 10.2 Å². The van der Waals surface area contributed by atoms with Gasteiger partial charge in [-0.25, -0.2) is 9.97 Å². The molecule has 2 aromatic heterocycles. The van der Waals surface area contributed by atoms with Crippen molar-refractivity contribution >= 4 is 56.0 Å². The third kappa shape index (κ3) is 4.16. The second-order valence-corrected chi connectivity index (χ2v) is 8.29. The van der Waals surface area contributed by atoms with Crippen molar-refractivity contribution in [2.75, 3.05) is 11.1 Å². The van der Waals surface area contributed by atoms with Crippen LogP contribution in [0, 0.1) is 6.92 Å². The maximum Gasteiger partial charge on any atom is 0.236 e. The molecular formula is C19H15ClN4OS2. The second-order valence-electron chi connectivity index (χ2n) is 5.88. The number of fused-ring (bicyclic) bond motifs is 1. The number of carbonyl (C=O) groups is 1. The summed E-state index contributed by atoms with van der Waals surface area (Å²) in [5.74, 6) is 0.140. The van der Waals surface area contributed by atoms with Gasteiger partial charge in [0, 0.05) is 23.1 Å². The van der Waals surface area contributed by atoms with E-state index in [2.05, 4.69) is 21.4 Å². The Morgan fingerprint density at radius 1 is 1.26 bits per heavy atom. The maximum atomic E-state index is 12.3. The average molecular weight is 415 g/mol. The van der Waals surface area contributed by atoms with Gasteiger partial charge in [0.25, 0.3) is 0 Å². The van der Waals surface area contributed by atoms with Crippen LogP contribution in [-0.4, -0.2) is 26.2 Å². The summed E-state index contributed by atoms with van der Waals surface area (Å²) in [6.45, 7) is 2.04. The van der Waals surface area contributed by atoms with Crippen LogP contribution in [0.3, 0.4) is 0 Å². The van der Waals surface area contributed by atoms with Crippen molar-refractivity contribution in [3.8, 4) is 5.69 Å². The number of imidazole rings is 1. The highest BCUT2D eigenvalue weighted by atomic mass is 35.5. The first kappa shape index (κ1) is 18.0. The molecule has 4 aromatic rings. The van der Waals surface area contributed by atoms with Crippen molar-refractivity contribution < 1.29 is 4.79 Å². The monoisotopic (exact) mass is 414 g/mol. The van der Waals surface area contributed by atoms with E-state index in [1.54, 1.807) is 6.20 Å². The molecule has 0 aliphatic heterocycles. The zero-order valence-electron chi connectivity index (χ0n) is 14.3. The Bertz CT molecular complexity index is 1100. The lowest BCUT2D eigenvalue weighted by Crippen LogP contribution is -2.14. The van der Waals surface area contributed by atoms with E-state index < -0.39 is 0 Å². The van der Waals surface area contributed by atoms with E-state index in [1.165, 1.54) is 28.7 Å². The van der Waals surface area contributed by atoms with Crippen molar-refractivity contribution in [1.82, 2.24) is 14.5 Å². The standard InChI is InChI=1S/C19H15ClN4OS2/c1-12-2-7-15-16(10-12)27-18(22-15)23-17(25)11-26-19-21-8-9-24(19)14-5-3-13(20)4-6-14/h2-10H,11H2,1H3,(H,22,23,25). The van der Waals surface area contributed by atoms with Crippen LogP contribution in [0.5, 0.6) is 0 Å². The molecule has 0 aliphatic carbocycles. The minimum absolute atomic E-state index is 0.110. The summed E-state index contributed by atoms with van der Waals surface area (Å²) < 4.78 is 2.99. The molecule has 0 bridgehead atoms. The maximum absolute atomic E-state index is 12.3. The first-order valence-corrected chi connectivity index (χ1v) is 10.4.